The van der Waals surface area contributed by atoms with E-state index in [2.05, 4.69) is 5.32 Å². The molecule has 2 heterocycles. The molecule has 2 aliphatic heterocycles. The van der Waals surface area contributed by atoms with Crippen molar-refractivity contribution in [3.05, 3.63) is 35.9 Å². The van der Waals surface area contributed by atoms with Crippen LogP contribution in [0.15, 0.2) is 30.3 Å². The molecular formula is C22H31N3O7S. The molecule has 1 amide bonds. The normalized spacial score (nSPS) is 25.3. The van der Waals surface area contributed by atoms with Crippen molar-refractivity contribution in [3.8, 4) is 0 Å². The number of benzene rings is 1. The lowest BCUT2D eigenvalue weighted by Gasteiger charge is -2.38. The number of hydrogen-bond donors (Lipinski definition) is 3. The minimum atomic E-state index is -3.48. The number of amides is 1. The molecule has 0 aromatic heterocycles. The van der Waals surface area contributed by atoms with Gasteiger partial charge in [-0.3, -0.25) is 14.9 Å². The maximum absolute atomic E-state index is 13.3. The van der Waals surface area contributed by atoms with Gasteiger partial charge in [-0.1, -0.05) is 30.3 Å². The lowest BCUT2D eigenvalue weighted by molar-refractivity contribution is -0.151. The summed E-state index contributed by atoms with van der Waals surface area (Å²) < 4.78 is 25.4. The number of carboxylic acids is 2. The molecule has 2 fully saturated rings. The summed E-state index contributed by atoms with van der Waals surface area (Å²) in [4.78, 5) is 38.3. The number of hydrogen-bond acceptors (Lipinski definition) is 6. The van der Waals surface area contributed by atoms with Crippen molar-refractivity contribution in [1.29, 1.82) is 0 Å². The molecule has 0 bridgehead atoms. The SMILES string of the molecule is C[C@@H](N[C@H](CCc1ccccc1)C(=O)O)C(=O)N1[C@H](C(=O)O)C[C@H]2CCN(S(C)(=O)=O)C[C@@H]21. The standard InChI is InChI=1S/C22H31N3O7S/c1-14(23-17(21(27)28)9-8-15-6-4-3-5-7-15)20(26)25-18(22(29)30)12-16-10-11-24(13-19(16)25)33(2,31)32/h3-7,14,16-19,23H,8-13H2,1-2H3,(H,27,28)(H,29,30)/t14-,16-,17-,18+,19+/m1/s1. The van der Waals surface area contributed by atoms with Crippen LogP contribution in [-0.4, -0.2) is 89.2 Å². The van der Waals surface area contributed by atoms with Gasteiger partial charge in [0, 0.05) is 19.1 Å². The molecule has 2 aliphatic rings. The van der Waals surface area contributed by atoms with Crippen LogP contribution in [0.25, 0.3) is 0 Å². The molecule has 3 rings (SSSR count). The number of carbonyl (C=O) groups is 3. The summed E-state index contributed by atoms with van der Waals surface area (Å²) in [5.41, 5.74) is 0.973. The first-order valence-corrected chi connectivity index (χ1v) is 12.9. The first-order valence-electron chi connectivity index (χ1n) is 11.0. The number of likely N-dealkylation sites (tertiary alicyclic amines) is 1. The van der Waals surface area contributed by atoms with Crippen LogP contribution in [0.3, 0.4) is 0 Å². The highest BCUT2D eigenvalue weighted by Gasteiger charge is 2.50. The second-order valence-electron chi connectivity index (χ2n) is 8.88. The summed E-state index contributed by atoms with van der Waals surface area (Å²) >= 11 is 0. The highest BCUT2D eigenvalue weighted by Crippen LogP contribution is 2.37. The highest BCUT2D eigenvalue weighted by molar-refractivity contribution is 7.88. The Morgan fingerprint density at radius 1 is 1.18 bits per heavy atom. The Labute approximate surface area is 193 Å². The number of nitrogens with zero attached hydrogens (tertiary/aromatic N) is 2. The Morgan fingerprint density at radius 2 is 1.85 bits per heavy atom. The molecule has 0 unspecified atom stereocenters. The van der Waals surface area contributed by atoms with Gasteiger partial charge in [-0.15, -0.1) is 0 Å². The van der Waals surface area contributed by atoms with Gasteiger partial charge < -0.3 is 15.1 Å². The maximum Gasteiger partial charge on any atom is 0.326 e. The lowest BCUT2D eigenvalue weighted by Crippen LogP contribution is -2.58. The minimum absolute atomic E-state index is 0.0438. The van der Waals surface area contributed by atoms with E-state index in [1.165, 1.54) is 16.1 Å². The highest BCUT2D eigenvalue weighted by atomic mass is 32.2. The van der Waals surface area contributed by atoms with Crippen LogP contribution < -0.4 is 5.32 Å². The molecule has 5 atom stereocenters. The summed E-state index contributed by atoms with van der Waals surface area (Å²) in [5.74, 6) is -2.89. The van der Waals surface area contributed by atoms with Gasteiger partial charge >= 0.3 is 11.9 Å². The third-order valence-electron chi connectivity index (χ3n) is 6.60. The Balaban J connectivity index is 1.73. The van der Waals surface area contributed by atoms with Gasteiger partial charge in [0.1, 0.15) is 12.1 Å². The molecule has 3 N–H and O–H groups in total. The maximum atomic E-state index is 13.3. The van der Waals surface area contributed by atoms with Gasteiger partial charge in [0.25, 0.3) is 0 Å². The summed E-state index contributed by atoms with van der Waals surface area (Å²) in [7, 11) is -3.48. The topological polar surface area (TPSA) is 144 Å². The lowest BCUT2D eigenvalue weighted by atomic mass is 9.92. The van der Waals surface area contributed by atoms with Gasteiger partial charge in [0.15, 0.2) is 0 Å². The molecule has 11 heteroatoms. The zero-order valence-electron chi connectivity index (χ0n) is 18.8. The van der Waals surface area contributed by atoms with Crippen LogP contribution in [0.4, 0.5) is 0 Å². The summed E-state index contributed by atoms with van der Waals surface area (Å²) in [6.07, 6.45) is 2.58. The van der Waals surface area contributed by atoms with Crippen LogP contribution in [0, 0.1) is 5.92 Å². The molecule has 1 aromatic carbocycles. The van der Waals surface area contributed by atoms with Crippen molar-refractivity contribution in [2.45, 2.75) is 56.8 Å². The van der Waals surface area contributed by atoms with Gasteiger partial charge in [-0.25, -0.2) is 17.5 Å². The van der Waals surface area contributed by atoms with E-state index < -0.39 is 52.0 Å². The molecule has 2 saturated heterocycles. The summed E-state index contributed by atoms with van der Waals surface area (Å²) in [6, 6.07) is 5.83. The number of carbonyl (C=O) groups excluding carboxylic acids is 1. The third-order valence-corrected chi connectivity index (χ3v) is 7.87. The molecule has 182 valence electrons. The van der Waals surface area contributed by atoms with E-state index in [0.717, 1.165) is 11.8 Å². The van der Waals surface area contributed by atoms with E-state index >= 15 is 0 Å². The van der Waals surface area contributed by atoms with Gasteiger partial charge in [0.05, 0.1) is 12.3 Å². The number of rotatable bonds is 9. The monoisotopic (exact) mass is 481 g/mol. The van der Waals surface area contributed by atoms with E-state index in [0.29, 0.717) is 19.4 Å². The van der Waals surface area contributed by atoms with Crippen molar-refractivity contribution in [2.24, 2.45) is 5.92 Å². The zero-order valence-corrected chi connectivity index (χ0v) is 19.6. The summed E-state index contributed by atoms with van der Waals surface area (Å²) in [5, 5.41) is 22.2. The fraction of sp³-hybridized carbons (Fsp3) is 0.591. The number of fused-ring (bicyclic) bond motifs is 1. The molecule has 0 aliphatic carbocycles. The molecular weight excluding hydrogens is 450 g/mol. The number of sulfonamides is 1. The predicted molar refractivity (Wildman–Crippen MR) is 120 cm³/mol. The van der Waals surface area contributed by atoms with E-state index in [4.69, 9.17) is 0 Å². The average Bonchev–Trinajstić information content (AvgIpc) is 3.15. The molecule has 0 saturated carbocycles. The Hall–Kier alpha value is -2.50. The molecule has 33 heavy (non-hydrogen) atoms. The van der Waals surface area contributed by atoms with Crippen molar-refractivity contribution < 1.29 is 33.0 Å². The number of carboxylic acid groups (broad SMARTS) is 2. The average molecular weight is 482 g/mol. The van der Waals surface area contributed by atoms with E-state index in [1.807, 2.05) is 30.3 Å². The van der Waals surface area contributed by atoms with Gasteiger partial charge in [0.2, 0.25) is 15.9 Å². The van der Waals surface area contributed by atoms with Crippen molar-refractivity contribution in [3.63, 3.8) is 0 Å². The molecule has 1 aromatic rings. The van der Waals surface area contributed by atoms with Crippen LogP contribution in [0.2, 0.25) is 0 Å². The number of nitrogens with one attached hydrogen (secondary N) is 1. The quantitative estimate of drug-likeness (QED) is 0.459. The Kier molecular flexibility index (Phi) is 7.76. The fourth-order valence-electron chi connectivity index (χ4n) is 4.84. The zero-order chi connectivity index (χ0) is 24.3. The van der Waals surface area contributed by atoms with E-state index in [9.17, 15) is 33.0 Å². The minimum Gasteiger partial charge on any atom is -0.480 e. The Bertz CT molecular complexity index is 985. The summed E-state index contributed by atoms with van der Waals surface area (Å²) in [6.45, 7) is 1.86. The van der Waals surface area contributed by atoms with Gasteiger partial charge in [-0.05, 0) is 44.1 Å². The van der Waals surface area contributed by atoms with E-state index in [-0.39, 0.29) is 25.3 Å². The molecule has 10 nitrogen and oxygen atoms in total. The van der Waals surface area contributed by atoms with Crippen LogP contribution in [0.1, 0.15) is 31.7 Å². The van der Waals surface area contributed by atoms with Crippen LogP contribution in [0.5, 0.6) is 0 Å². The van der Waals surface area contributed by atoms with Crippen LogP contribution in [-0.2, 0) is 30.8 Å². The number of piperidine rings is 1. The van der Waals surface area contributed by atoms with Gasteiger partial charge in [-0.2, -0.15) is 0 Å². The second kappa shape index (κ2) is 10.2. The van der Waals surface area contributed by atoms with Crippen LogP contribution >= 0.6 is 0 Å². The fourth-order valence-corrected chi connectivity index (χ4v) is 5.70. The largest absolute Gasteiger partial charge is 0.480 e. The van der Waals surface area contributed by atoms with Crippen molar-refractivity contribution in [2.75, 3.05) is 19.3 Å². The smallest absolute Gasteiger partial charge is 0.326 e. The van der Waals surface area contributed by atoms with Crippen molar-refractivity contribution >= 4 is 27.9 Å². The number of aliphatic carboxylic acids is 2. The first-order chi connectivity index (χ1) is 15.5. The predicted octanol–water partition coefficient (Wildman–Crippen LogP) is 0.386. The molecule has 0 radical (unpaired) electrons. The third kappa shape index (κ3) is 5.90. The van der Waals surface area contributed by atoms with Crippen molar-refractivity contribution in [1.82, 2.24) is 14.5 Å². The Morgan fingerprint density at radius 3 is 2.42 bits per heavy atom. The van der Waals surface area contributed by atoms with E-state index in [1.54, 1.807) is 0 Å². The molecule has 0 spiro atoms. The first kappa shape index (κ1) is 25.1. The second-order valence-corrected chi connectivity index (χ2v) is 10.9. The number of aryl methyl sites for hydroxylation is 1.